The standard InChI is InChI=1S/C42H51N3O4S/c1-41(2,3)50-40-35-25-34(49-29-33-13-10-11-23-43-33)20-21-36(35)45(37(40)26-42(4,5)38(47)14-9-7-8-12-24-46)28-30-15-17-31(18-16-30)32-19-22-39(48-6)44-27-32/h10-11,13,15-23,25,27,46H,7-9,12,14,24,26,28-29H2,1-6H3. The average molecular weight is 694 g/mol. The highest BCUT2D eigenvalue weighted by Crippen LogP contribution is 2.44. The van der Waals surface area contributed by atoms with E-state index in [9.17, 15) is 4.79 Å². The zero-order valence-corrected chi connectivity index (χ0v) is 31.2. The summed E-state index contributed by atoms with van der Waals surface area (Å²) in [6, 6.07) is 24.7. The smallest absolute Gasteiger partial charge is 0.212 e. The van der Waals surface area contributed by atoms with Crippen molar-refractivity contribution in [3.8, 4) is 22.8 Å². The highest BCUT2D eigenvalue weighted by molar-refractivity contribution is 8.00. The third-order valence-corrected chi connectivity index (χ3v) is 10.1. The van der Waals surface area contributed by atoms with Crippen LogP contribution in [0.2, 0.25) is 0 Å². The molecule has 50 heavy (non-hydrogen) atoms. The highest BCUT2D eigenvalue weighted by atomic mass is 32.2. The van der Waals surface area contributed by atoms with E-state index in [1.807, 2.05) is 54.4 Å². The predicted octanol–water partition coefficient (Wildman–Crippen LogP) is 9.71. The fraction of sp³-hybridized carbons (Fsp3) is 0.405. The van der Waals surface area contributed by atoms with Crippen LogP contribution >= 0.6 is 11.8 Å². The van der Waals surface area contributed by atoms with E-state index in [1.165, 1.54) is 16.2 Å². The lowest BCUT2D eigenvalue weighted by atomic mass is 9.81. The molecular weight excluding hydrogens is 643 g/mol. The Balaban J connectivity index is 1.53. The molecule has 5 rings (SSSR count). The van der Waals surface area contributed by atoms with Gasteiger partial charge in [-0.2, -0.15) is 0 Å². The van der Waals surface area contributed by atoms with Gasteiger partial charge in [0.2, 0.25) is 5.88 Å². The van der Waals surface area contributed by atoms with Crippen molar-refractivity contribution in [2.45, 2.75) is 95.9 Å². The summed E-state index contributed by atoms with van der Waals surface area (Å²) in [5, 5.41) is 10.3. The Kier molecular flexibility index (Phi) is 12.4. The van der Waals surface area contributed by atoms with Crippen molar-refractivity contribution < 1.29 is 19.4 Å². The number of carbonyl (C=O) groups excluding carboxylic acids is 1. The molecule has 5 aromatic rings. The van der Waals surface area contributed by atoms with Crippen molar-refractivity contribution in [1.82, 2.24) is 14.5 Å². The van der Waals surface area contributed by atoms with E-state index in [0.717, 1.165) is 59.2 Å². The summed E-state index contributed by atoms with van der Waals surface area (Å²) in [5.74, 6) is 1.66. The van der Waals surface area contributed by atoms with Gasteiger partial charge in [-0.25, -0.2) is 4.98 Å². The number of nitrogens with zero attached hydrogens (tertiary/aromatic N) is 3. The number of methoxy groups -OCH3 is 1. The van der Waals surface area contributed by atoms with Crippen molar-refractivity contribution in [1.29, 1.82) is 0 Å². The van der Waals surface area contributed by atoms with Crippen LogP contribution in [0, 0.1) is 5.41 Å². The number of carbonyl (C=O) groups is 1. The van der Waals surface area contributed by atoms with E-state index in [1.54, 1.807) is 13.3 Å². The number of ether oxygens (including phenoxy) is 2. The largest absolute Gasteiger partial charge is 0.487 e. The lowest BCUT2D eigenvalue weighted by Gasteiger charge is -2.26. The number of aliphatic hydroxyl groups is 1. The van der Waals surface area contributed by atoms with E-state index in [0.29, 0.717) is 31.9 Å². The molecule has 0 saturated heterocycles. The lowest BCUT2D eigenvalue weighted by molar-refractivity contribution is -0.127. The maximum Gasteiger partial charge on any atom is 0.212 e. The summed E-state index contributed by atoms with van der Waals surface area (Å²) in [4.78, 5) is 23.8. The number of pyridine rings is 2. The number of ketones is 1. The fourth-order valence-electron chi connectivity index (χ4n) is 6.13. The van der Waals surface area contributed by atoms with Crippen LogP contribution < -0.4 is 9.47 Å². The molecule has 2 aromatic carbocycles. The van der Waals surface area contributed by atoms with Gasteiger partial charge < -0.3 is 19.1 Å². The quantitative estimate of drug-likeness (QED) is 0.0767. The molecule has 0 aliphatic carbocycles. The van der Waals surface area contributed by atoms with Gasteiger partial charge in [-0.3, -0.25) is 9.78 Å². The van der Waals surface area contributed by atoms with Gasteiger partial charge in [0, 0.05) is 81.7 Å². The molecule has 0 aliphatic heterocycles. The monoisotopic (exact) mass is 693 g/mol. The fourth-order valence-corrected chi connectivity index (χ4v) is 7.31. The van der Waals surface area contributed by atoms with Gasteiger partial charge in [0.05, 0.1) is 12.8 Å². The first kappa shape index (κ1) is 37.1. The normalized spacial score (nSPS) is 12.0. The molecule has 0 radical (unpaired) electrons. The van der Waals surface area contributed by atoms with Gasteiger partial charge in [0.15, 0.2) is 0 Å². The van der Waals surface area contributed by atoms with E-state index in [-0.39, 0.29) is 17.1 Å². The summed E-state index contributed by atoms with van der Waals surface area (Å²) in [5.41, 5.74) is 5.90. The minimum atomic E-state index is -0.556. The number of aliphatic hydroxyl groups excluding tert-OH is 1. The van der Waals surface area contributed by atoms with E-state index < -0.39 is 5.41 Å². The maximum absolute atomic E-state index is 13.8. The molecule has 0 saturated carbocycles. The first-order chi connectivity index (χ1) is 24.0. The Bertz CT molecular complexity index is 1840. The van der Waals surface area contributed by atoms with E-state index >= 15 is 0 Å². The number of benzene rings is 2. The van der Waals surface area contributed by atoms with Crippen LogP contribution in [0.25, 0.3) is 22.0 Å². The van der Waals surface area contributed by atoms with Crippen LogP contribution in [-0.2, 0) is 24.4 Å². The third-order valence-electron chi connectivity index (χ3n) is 8.86. The second-order valence-corrected chi connectivity index (χ2v) is 16.4. The topological polar surface area (TPSA) is 86.5 Å². The molecular formula is C42H51N3O4S. The zero-order chi connectivity index (χ0) is 35.7. The molecule has 264 valence electrons. The summed E-state index contributed by atoms with van der Waals surface area (Å²) in [7, 11) is 1.62. The zero-order valence-electron chi connectivity index (χ0n) is 30.4. The lowest BCUT2D eigenvalue weighted by Crippen LogP contribution is -2.28. The summed E-state index contributed by atoms with van der Waals surface area (Å²) >= 11 is 1.85. The molecule has 8 heteroatoms. The van der Waals surface area contributed by atoms with Crippen LogP contribution in [-0.4, -0.2) is 43.9 Å². The molecule has 0 bridgehead atoms. The van der Waals surface area contributed by atoms with Gasteiger partial charge in [0.25, 0.3) is 0 Å². The van der Waals surface area contributed by atoms with Crippen LogP contribution in [0.4, 0.5) is 0 Å². The van der Waals surface area contributed by atoms with Gasteiger partial charge >= 0.3 is 0 Å². The minimum Gasteiger partial charge on any atom is -0.487 e. The maximum atomic E-state index is 13.8. The van der Waals surface area contributed by atoms with Gasteiger partial charge in [-0.1, -0.05) is 77.8 Å². The molecule has 0 spiro atoms. The molecule has 0 atom stereocenters. The summed E-state index contributed by atoms with van der Waals surface area (Å²) < 4.78 is 13.9. The second-order valence-electron chi connectivity index (χ2n) is 14.5. The first-order valence-electron chi connectivity index (χ1n) is 17.6. The van der Waals surface area contributed by atoms with Gasteiger partial charge in [-0.15, -0.1) is 11.8 Å². The molecule has 3 heterocycles. The number of aromatic nitrogens is 3. The number of unbranched alkanes of at least 4 members (excludes halogenated alkanes) is 3. The molecule has 1 N–H and O–H groups in total. The predicted molar refractivity (Wildman–Crippen MR) is 204 cm³/mol. The number of fused-ring (bicyclic) bond motifs is 1. The summed E-state index contributed by atoms with van der Waals surface area (Å²) in [6.45, 7) is 12.2. The van der Waals surface area contributed by atoms with E-state index in [4.69, 9.17) is 14.6 Å². The van der Waals surface area contributed by atoms with Gasteiger partial charge in [-0.05, 0) is 60.4 Å². The molecule has 0 aliphatic rings. The number of rotatable bonds is 17. The second kappa shape index (κ2) is 16.7. The van der Waals surface area contributed by atoms with Crippen molar-refractivity contribution in [3.05, 3.63) is 102 Å². The Morgan fingerprint density at radius 1 is 0.880 bits per heavy atom. The van der Waals surface area contributed by atoms with Crippen molar-refractivity contribution in [2.75, 3.05) is 13.7 Å². The van der Waals surface area contributed by atoms with Crippen LogP contribution in [0.1, 0.15) is 83.7 Å². The van der Waals surface area contributed by atoms with Crippen molar-refractivity contribution in [2.24, 2.45) is 5.41 Å². The Morgan fingerprint density at radius 3 is 2.30 bits per heavy atom. The third kappa shape index (κ3) is 9.76. The Hall–Kier alpha value is -4.14. The first-order valence-corrected chi connectivity index (χ1v) is 18.4. The van der Waals surface area contributed by atoms with Gasteiger partial charge in [0.1, 0.15) is 18.1 Å². The van der Waals surface area contributed by atoms with Crippen molar-refractivity contribution >= 4 is 28.4 Å². The molecule has 3 aromatic heterocycles. The molecule has 7 nitrogen and oxygen atoms in total. The number of thioether (sulfide) groups is 1. The van der Waals surface area contributed by atoms with Crippen LogP contribution in [0.15, 0.2) is 90.1 Å². The Labute approximate surface area is 301 Å². The Morgan fingerprint density at radius 2 is 1.64 bits per heavy atom. The van der Waals surface area contributed by atoms with Crippen LogP contribution in [0.5, 0.6) is 11.6 Å². The average Bonchev–Trinajstić information content (AvgIpc) is 3.36. The SMILES string of the molecule is COc1ccc(-c2ccc(Cn3c(CC(C)(C)C(=O)CCCCCCO)c(SC(C)(C)C)c4cc(OCc5ccccn5)ccc43)cc2)cn1. The van der Waals surface area contributed by atoms with E-state index in [2.05, 4.69) is 85.6 Å². The van der Waals surface area contributed by atoms with Crippen LogP contribution in [0.3, 0.4) is 0 Å². The molecule has 0 fully saturated rings. The number of hydrogen-bond acceptors (Lipinski definition) is 7. The number of hydrogen-bond donors (Lipinski definition) is 1. The van der Waals surface area contributed by atoms with Crippen molar-refractivity contribution in [3.63, 3.8) is 0 Å². The molecule has 0 unspecified atom stereocenters. The highest BCUT2D eigenvalue weighted by Gasteiger charge is 2.32. The summed E-state index contributed by atoms with van der Waals surface area (Å²) in [6.07, 6.45) is 8.33. The minimum absolute atomic E-state index is 0.0619. The molecule has 0 amide bonds. The number of Topliss-reactive ketones (excluding diaryl/α,β-unsaturated/α-hetero) is 1.